The third-order valence-electron chi connectivity index (χ3n) is 10.8. The van der Waals surface area contributed by atoms with Crippen LogP contribution in [0.1, 0.15) is 119 Å². The van der Waals surface area contributed by atoms with Crippen molar-refractivity contribution in [1.29, 1.82) is 0 Å². The maximum Gasteiger partial charge on any atom is 0.0612 e. The third kappa shape index (κ3) is 4.43. The number of hydrogen-bond acceptors (Lipinski definition) is 1. The van der Waals surface area contributed by atoms with Crippen molar-refractivity contribution in [1.82, 2.24) is 0 Å². The second kappa shape index (κ2) is 9.52. The molecule has 0 aliphatic heterocycles. The Balaban J connectivity index is 1.45. The summed E-state index contributed by atoms with van der Waals surface area (Å²) in [6, 6.07) is 0. The lowest BCUT2D eigenvalue weighted by atomic mass is 9.47. The van der Waals surface area contributed by atoms with Crippen LogP contribution >= 0.6 is 0 Å². The normalized spacial score (nSPS) is 43.2. The molecule has 0 spiro atoms. The second-order valence-electron chi connectivity index (χ2n) is 13.0. The van der Waals surface area contributed by atoms with E-state index in [0.717, 1.165) is 48.5 Å². The molecule has 8 atom stereocenters. The maximum atomic E-state index is 6.19. The van der Waals surface area contributed by atoms with Gasteiger partial charge in [-0.25, -0.2) is 0 Å². The molecule has 3 saturated carbocycles. The summed E-state index contributed by atoms with van der Waals surface area (Å²) < 4.78 is 6.19. The first-order chi connectivity index (χ1) is 14.8. The predicted octanol–water partition coefficient (Wildman–Crippen LogP) is 8.82. The molecule has 0 saturated heterocycles. The minimum Gasteiger partial charge on any atom is -0.378 e. The molecular weight excluding hydrogens is 376 g/mol. The van der Waals surface area contributed by atoms with Crippen molar-refractivity contribution in [2.24, 2.45) is 46.3 Å². The summed E-state index contributed by atoms with van der Waals surface area (Å²) in [5, 5.41) is 0. The molecular formula is C30H52O. The molecule has 1 heteroatoms. The molecule has 0 aromatic heterocycles. The van der Waals surface area contributed by atoms with Gasteiger partial charge in [0.2, 0.25) is 0 Å². The number of allylic oxidation sites excluding steroid dienone is 1. The van der Waals surface area contributed by atoms with Crippen molar-refractivity contribution >= 4 is 0 Å². The Kier molecular flexibility index (Phi) is 7.32. The van der Waals surface area contributed by atoms with Crippen LogP contribution in [0, 0.1) is 46.3 Å². The molecule has 1 nitrogen and oxygen atoms in total. The van der Waals surface area contributed by atoms with Gasteiger partial charge in [-0.1, -0.05) is 72.5 Å². The summed E-state index contributed by atoms with van der Waals surface area (Å²) in [7, 11) is 0. The van der Waals surface area contributed by atoms with Crippen LogP contribution in [0.4, 0.5) is 0 Å². The van der Waals surface area contributed by atoms with Gasteiger partial charge in [0.05, 0.1) is 6.10 Å². The first kappa shape index (κ1) is 23.8. The Morgan fingerprint density at radius 2 is 1.81 bits per heavy atom. The molecule has 0 amide bonds. The summed E-state index contributed by atoms with van der Waals surface area (Å²) >= 11 is 0. The summed E-state index contributed by atoms with van der Waals surface area (Å²) in [5.74, 6) is 5.62. The van der Waals surface area contributed by atoms with Gasteiger partial charge in [-0.2, -0.15) is 0 Å². The SMILES string of the molecule is CCCO[C@H]1CC[C@@]2(C)C(=CC[C@H]3[C@@H]4CC[C@H]([C@@H](C)CCCC(C)C)[C@@]4(C)CC[C@@H]32)C1. The van der Waals surface area contributed by atoms with Gasteiger partial charge in [-0.15, -0.1) is 0 Å². The van der Waals surface area contributed by atoms with Gasteiger partial charge in [0.15, 0.2) is 0 Å². The molecule has 4 rings (SSSR count). The highest BCUT2D eigenvalue weighted by atomic mass is 16.5. The van der Waals surface area contributed by atoms with E-state index in [-0.39, 0.29) is 0 Å². The summed E-state index contributed by atoms with van der Waals surface area (Å²) in [5.41, 5.74) is 2.86. The summed E-state index contributed by atoms with van der Waals surface area (Å²) in [4.78, 5) is 0. The van der Waals surface area contributed by atoms with E-state index < -0.39 is 0 Å². The van der Waals surface area contributed by atoms with Crippen LogP contribution in [0.5, 0.6) is 0 Å². The quantitative estimate of drug-likeness (QED) is 0.351. The average Bonchev–Trinajstić information content (AvgIpc) is 3.09. The summed E-state index contributed by atoms with van der Waals surface area (Å²) in [6.07, 6.45) is 19.9. The Morgan fingerprint density at radius 3 is 2.55 bits per heavy atom. The first-order valence-corrected chi connectivity index (χ1v) is 14.1. The number of ether oxygens (including phenoxy) is 1. The molecule has 0 bridgehead atoms. The first-order valence-electron chi connectivity index (χ1n) is 14.1. The average molecular weight is 429 g/mol. The molecule has 0 heterocycles. The van der Waals surface area contributed by atoms with E-state index in [9.17, 15) is 0 Å². The van der Waals surface area contributed by atoms with E-state index in [1.54, 1.807) is 5.57 Å². The maximum absolute atomic E-state index is 6.19. The van der Waals surface area contributed by atoms with Crippen molar-refractivity contribution in [2.75, 3.05) is 6.61 Å². The zero-order valence-corrected chi connectivity index (χ0v) is 21.7. The molecule has 31 heavy (non-hydrogen) atoms. The van der Waals surface area contributed by atoms with Crippen LogP contribution in [-0.4, -0.2) is 12.7 Å². The lowest BCUT2D eigenvalue weighted by molar-refractivity contribution is -0.0638. The Labute approximate surface area is 194 Å². The fraction of sp³-hybridized carbons (Fsp3) is 0.933. The molecule has 178 valence electrons. The Morgan fingerprint density at radius 1 is 1.00 bits per heavy atom. The Hall–Kier alpha value is -0.300. The van der Waals surface area contributed by atoms with Gasteiger partial charge >= 0.3 is 0 Å². The molecule has 4 aliphatic carbocycles. The van der Waals surface area contributed by atoms with Crippen molar-refractivity contribution < 1.29 is 4.74 Å². The highest BCUT2D eigenvalue weighted by molar-refractivity contribution is 5.25. The standard InChI is InChI=1S/C30H52O/c1-7-19-31-24-15-17-29(5)23(20-24)11-12-25-27-14-13-26(22(4)10-8-9-21(2)3)30(27,6)18-16-28(25)29/h11,21-22,24-28H,7-10,12-20H2,1-6H3/t22-,24-,25-,26+,27-,28-,29-,30+/m0/s1. The van der Waals surface area contributed by atoms with Crippen molar-refractivity contribution in [2.45, 2.75) is 125 Å². The zero-order valence-electron chi connectivity index (χ0n) is 21.7. The fourth-order valence-corrected chi connectivity index (χ4v) is 9.08. The van der Waals surface area contributed by atoms with Crippen molar-refractivity contribution in [3.63, 3.8) is 0 Å². The van der Waals surface area contributed by atoms with Gasteiger partial charge in [0, 0.05) is 6.61 Å². The predicted molar refractivity (Wildman–Crippen MR) is 133 cm³/mol. The minimum absolute atomic E-state index is 0.470. The van der Waals surface area contributed by atoms with Gasteiger partial charge < -0.3 is 4.74 Å². The monoisotopic (exact) mass is 428 g/mol. The largest absolute Gasteiger partial charge is 0.378 e. The topological polar surface area (TPSA) is 9.23 Å². The highest BCUT2D eigenvalue weighted by Crippen LogP contribution is 2.67. The van der Waals surface area contributed by atoms with Gasteiger partial charge in [-0.3, -0.25) is 0 Å². The van der Waals surface area contributed by atoms with Crippen LogP contribution in [0.2, 0.25) is 0 Å². The fourth-order valence-electron chi connectivity index (χ4n) is 9.08. The minimum atomic E-state index is 0.470. The number of hydrogen-bond donors (Lipinski definition) is 0. The van der Waals surface area contributed by atoms with E-state index in [0.29, 0.717) is 16.9 Å². The second-order valence-corrected chi connectivity index (χ2v) is 13.0. The van der Waals surface area contributed by atoms with Crippen LogP contribution in [-0.2, 0) is 4.74 Å². The zero-order chi connectivity index (χ0) is 22.2. The smallest absolute Gasteiger partial charge is 0.0612 e. The Bertz CT molecular complexity index is 634. The molecule has 0 radical (unpaired) electrons. The molecule has 0 unspecified atom stereocenters. The van der Waals surface area contributed by atoms with Crippen LogP contribution < -0.4 is 0 Å². The van der Waals surface area contributed by atoms with E-state index in [2.05, 4.69) is 47.6 Å². The van der Waals surface area contributed by atoms with Gasteiger partial charge in [0.1, 0.15) is 0 Å². The van der Waals surface area contributed by atoms with Crippen LogP contribution in [0.25, 0.3) is 0 Å². The van der Waals surface area contributed by atoms with E-state index in [4.69, 9.17) is 4.74 Å². The molecule has 4 aliphatic rings. The lowest BCUT2D eigenvalue weighted by Crippen LogP contribution is -2.51. The van der Waals surface area contributed by atoms with Gasteiger partial charge in [0.25, 0.3) is 0 Å². The molecule has 3 fully saturated rings. The summed E-state index contributed by atoms with van der Waals surface area (Å²) in [6.45, 7) is 15.9. The number of rotatable bonds is 8. The van der Waals surface area contributed by atoms with E-state index in [1.165, 1.54) is 70.6 Å². The molecule has 0 N–H and O–H groups in total. The lowest BCUT2D eigenvalue weighted by Gasteiger charge is -2.58. The van der Waals surface area contributed by atoms with E-state index in [1.807, 2.05) is 0 Å². The number of fused-ring (bicyclic) bond motifs is 5. The highest BCUT2D eigenvalue weighted by Gasteiger charge is 2.59. The van der Waals surface area contributed by atoms with Crippen molar-refractivity contribution in [3.8, 4) is 0 Å². The van der Waals surface area contributed by atoms with Crippen molar-refractivity contribution in [3.05, 3.63) is 11.6 Å². The van der Waals surface area contributed by atoms with Crippen LogP contribution in [0.15, 0.2) is 11.6 Å². The molecule has 0 aromatic rings. The van der Waals surface area contributed by atoms with E-state index >= 15 is 0 Å². The third-order valence-corrected chi connectivity index (χ3v) is 10.8. The molecule has 0 aromatic carbocycles. The van der Waals surface area contributed by atoms with Crippen LogP contribution in [0.3, 0.4) is 0 Å². The van der Waals surface area contributed by atoms with Gasteiger partial charge in [-0.05, 0) is 104 Å².